The number of aromatic amines is 1. The number of carbonyl (C=O) groups is 4. The summed E-state index contributed by atoms with van der Waals surface area (Å²) in [5.74, 6) is -2.68. The Kier molecular flexibility index (Phi) is 13.0. The number of carbonyl (C=O) groups excluding carboxylic acids is 4. The summed E-state index contributed by atoms with van der Waals surface area (Å²) in [7, 11) is -2.86. The van der Waals surface area contributed by atoms with Crippen molar-refractivity contribution in [3.63, 3.8) is 0 Å². The highest BCUT2D eigenvalue weighted by Crippen LogP contribution is 2.32. The number of nitrogens with zero attached hydrogens (tertiary/aromatic N) is 6. The lowest BCUT2D eigenvalue weighted by Gasteiger charge is -2.34. The van der Waals surface area contributed by atoms with Crippen LogP contribution in [0.2, 0.25) is 0 Å². The van der Waals surface area contributed by atoms with Crippen molar-refractivity contribution in [3.8, 4) is 16.9 Å². The van der Waals surface area contributed by atoms with Crippen LogP contribution in [-0.4, -0.2) is 120 Å². The maximum atomic E-state index is 15.6. The second-order valence-electron chi connectivity index (χ2n) is 16.2. The second kappa shape index (κ2) is 18.8. The predicted molar refractivity (Wildman–Crippen MR) is 233 cm³/mol. The fourth-order valence-electron chi connectivity index (χ4n) is 8.20. The number of fused-ring (bicyclic) bond motifs is 1. The van der Waals surface area contributed by atoms with Gasteiger partial charge in [-0.15, -0.1) is 0 Å². The molecule has 3 amide bonds. The number of imide groups is 1. The number of anilines is 2. The number of hydrogen-bond donors (Lipinski definition) is 4. The lowest BCUT2D eigenvalue weighted by molar-refractivity contribution is -0.139. The standard InChI is InChI=1S/C44H48F2N10O7S/c1-3-54(2)64(61,62)53-35-9-8-34(45)39(40(35)46)41(59)33-24-49-42-32(33)20-28(21-48-42)29-22-50-44(51-23-29)56-18-14-30(15-19-56)47-25-38(58)55-16-12-27(13-17-55)26-4-6-31(7-5-26)63-36-10-11-37(57)52-43(36)60/h4-9,20-24,27,30,36,47,53H,3,10-19,25H2,1-2H3,(H,48,49)(H,52,57,60). The summed E-state index contributed by atoms with van der Waals surface area (Å²) in [5.41, 5.74) is 1.07. The topological polar surface area (TPSA) is 212 Å². The smallest absolute Gasteiger partial charge is 0.301 e. The largest absolute Gasteiger partial charge is 0.481 e. The number of piperidine rings is 3. The molecule has 3 aliphatic rings. The molecule has 8 rings (SSSR count). The minimum absolute atomic E-state index is 0.0616. The molecule has 336 valence electrons. The molecule has 1 atom stereocenters. The van der Waals surface area contributed by atoms with Crippen molar-refractivity contribution in [1.82, 2.24) is 39.8 Å². The van der Waals surface area contributed by atoms with E-state index >= 15 is 8.78 Å². The Bertz CT molecular complexity index is 2670. The fourth-order valence-corrected chi connectivity index (χ4v) is 9.13. The number of likely N-dealkylation sites (tertiary alicyclic amines) is 1. The zero-order chi connectivity index (χ0) is 45.1. The van der Waals surface area contributed by atoms with Crippen LogP contribution < -0.4 is 25.0 Å². The van der Waals surface area contributed by atoms with Crippen LogP contribution in [0, 0.1) is 11.6 Å². The number of nitrogens with one attached hydrogen (secondary N) is 4. The predicted octanol–water partition coefficient (Wildman–Crippen LogP) is 4.29. The maximum absolute atomic E-state index is 15.6. The Balaban J connectivity index is 0.812. The minimum atomic E-state index is -4.15. The van der Waals surface area contributed by atoms with Gasteiger partial charge in [-0.05, 0) is 67.5 Å². The van der Waals surface area contributed by atoms with Crippen molar-refractivity contribution in [1.29, 1.82) is 0 Å². The van der Waals surface area contributed by atoms with E-state index in [9.17, 15) is 27.6 Å². The number of ether oxygens (including phenoxy) is 1. The van der Waals surface area contributed by atoms with E-state index in [0.717, 1.165) is 47.7 Å². The molecule has 20 heteroatoms. The van der Waals surface area contributed by atoms with E-state index in [2.05, 4.69) is 40.2 Å². The molecule has 6 heterocycles. The first kappa shape index (κ1) is 44.2. The molecule has 3 aromatic heterocycles. The summed E-state index contributed by atoms with van der Waals surface area (Å²) in [4.78, 5) is 70.7. The van der Waals surface area contributed by atoms with Crippen molar-refractivity contribution in [2.75, 3.05) is 55.9 Å². The molecule has 3 aliphatic heterocycles. The Morgan fingerprint density at radius 3 is 2.31 bits per heavy atom. The van der Waals surface area contributed by atoms with Gasteiger partial charge in [-0.1, -0.05) is 19.1 Å². The molecule has 1 unspecified atom stereocenters. The highest BCUT2D eigenvalue weighted by molar-refractivity contribution is 7.90. The number of hydrogen-bond acceptors (Lipinski definition) is 12. The number of ketones is 1. The Labute approximate surface area is 368 Å². The van der Waals surface area contributed by atoms with Gasteiger partial charge in [0.05, 0.1) is 17.8 Å². The van der Waals surface area contributed by atoms with E-state index in [-0.39, 0.29) is 42.9 Å². The molecule has 3 saturated heterocycles. The molecule has 5 aromatic rings. The third-order valence-electron chi connectivity index (χ3n) is 12.1. The molecule has 64 heavy (non-hydrogen) atoms. The average molecular weight is 899 g/mol. The van der Waals surface area contributed by atoms with Crippen LogP contribution in [0.4, 0.5) is 20.4 Å². The zero-order valence-corrected chi connectivity index (χ0v) is 36.1. The minimum Gasteiger partial charge on any atom is -0.481 e. The molecular formula is C44H48F2N10O7S. The molecular weight excluding hydrogens is 851 g/mol. The number of halogens is 2. The molecule has 0 radical (unpaired) electrons. The number of pyridine rings is 1. The first-order valence-corrected chi connectivity index (χ1v) is 22.6. The summed E-state index contributed by atoms with van der Waals surface area (Å²) >= 11 is 0. The van der Waals surface area contributed by atoms with Crippen LogP contribution in [0.15, 0.2) is 67.3 Å². The van der Waals surface area contributed by atoms with E-state index in [1.165, 1.54) is 13.2 Å². The van der Waals surface area contributed by atoms with Crippen molar-refractivity contribution in [2.24, 2.45) is 0 Å². The van der Waals surface area contributed by atoms with Crippen molar-refractivity contribution in [2.45, 2.75) is 63.5 Å². The number of H-pyrrole nitrogens is 1. The highest BCUT2D eigenvalue weighted by Gasteiger charge is 2.30. The third-order valence-corrected chi connectivity index (χ3v) is 13.7. The van der Waals surface area contributed by atoms with Crippen molar-refractivity contribution in [3.05, 3.63) is 95.6 Å². The van der Waals surface area contributed by atoms with Gasteiger partial charge >= 0.3 is 10.2 Å². The normalized spacial score (nSPS) is 17.8. The van der Waals surface area contributed by atoms with Gasteiger partial charge in [0.1, 0.15) is 17.2 Å². The number of aromatic nitrogens is 4. The fraction of sp³-hybridized carbons (Fsp3) is 0.386. The monoisotopic (exact) mass is 898 g/mol. The van der Waals surface area contributed by atoms with Gasteiger partial charge in [0, 0.05) is 106 Å². The number of amides is 3. The molecule has 17 nitrogen and oxygen atoms in total. The summed E-state index contributed by atoms with van der Waals surface area (Å²) in [6.45, 7) is 4.64. The van der Waals surface area contributed by atoms with Crippen LogP contribution in [0.5, 0.6) is 5.75 Å². The molecule has 0 bridgehead atoms. The van der Waals surface area contributed by atoms with Crippen LogP contribution in [0.25, 0.3) is 22.2 Å². The average Bonchev–Trinajstić information content (AvgIpc) is 3.74. The third kappa shape index (κ3) is 9.58. The SMILES string of the molecule is CCN(C)S(=O)(=O)Nc1ccc(F)c(C(=O)c2c[nH]c3ncc(-c4cnc(N5CCC(NCC(=O)N6CCC(c7ccc(OC8CCC(=O)NC8=O)cc7)CC6)CC5)nc4)cc23)c1F. The summed E-state index contributed by atoms with van der Waals surface area (Å²) < 4.78 is 64.5. The lowest BCUT2D eigenvalue weighted by atomic mass is 9.89. The zero-order valence-electron chi connectivity index (χ0n) is 35.3. The Morgan fingerprint density at radius 1 is 0.922 bits per heavy atom. The van der Waals surface area contributed by atoms with E-state index < -0.39 is 50.9 Å². The number of benzene rings is 2. The van der Waals surface area contributed by atoms with E-state index in [0.29, 0.717) is 72.4 Å². The van der Waals surface area contributed by atoms with Gasteiger partial charge in [-0.25, -0.2) is 23.7 Å². The second-order valence-corrected chi connectivity index (χ2v) is 17.9. The highest BCUT2D eigenvalue weighted by atomic mass is 32.2. The van der Waals surface area contributed by atoms with Gasteiger partial charge in [-0.3, -0.25) is 29.2 Å². The summed E-state index contributed by atoms with van der Waals surface area (Å²) in [5, 5.41) is 6.05. The molecule has 0 aliphatic carbocycles. The van der Waals surface area contributed by atoms with E-state index in [1.807, 2.05) is 29.2 Å². The van der Waals surface area contributed by atoms with Crippen LogP contribution >= 0.6 is 0 Å². The van der Waals surface area contributed by atoms with Crippen molar-refractivity contribution < 1.29 is 41.1 Å². The molecule has 0 saturated carbocycles. The van der Waals surface area contributed by atoms with Crippen LogP contribution in [-0.2, 0) is 24.6 Å². The summed E-state index contributed by atoms with van der Waals surface area (Å²) in [6.07, 6.45) is 9.36. The van der Waals surface area contributed by atoms with Crippen LogP contribution in [0.3, 0.4) is 0 Å². The number of rotatable bonds is 14. The first-order chi connectivity index (χ1) is 30.8. The van der Waals surface area contributed by atoms with E-state index in [1.54, 1.807) is 31.6 Å². The Hall–Kier alpha value is -6.38. The molecule has 2 aromatic carbocycles. The van der Waals surface area contributed by atoms with Crippen molar-refractivity contribution >= 4 is 56.4 Å². The van der Waals surface area contributed by atoms with Gasteiger partial charge in [0.15, 0.2) is 11.9 Å². The molecule has 3 fully saturated rings. The first-order valence-electron chi connectivity index (χ1n) is 21.2. The Morgan fingerprint density at radius 2 is 1.62 bits per heavy atom. The lowest BCUT2D eigenvalue weighted by Crippen LogP contribution is -2.48. The van der Waals surface area contributed by atoms with Gasteiger partial charge < -0.3 is 24.8 Å². The maximum Gasteiger partial charge on any atom is 0.301 e. The molecule has 0 spiro atoms. The van der Waals surface area contributed by atoms with Crippen LogP contribution in [0.1, 0.15) is 72.9 Å². The van der Waals surface area contributed by atoms with Gasteiger partial charge in [0.25, 0.3) is 5.91 Å². The summed E-state index contributed by atoms with van der Waals surface area (Å²) in [6, 6.07) is 11.3. The van der Waals surface area contributed by atoms with E-state index in [4.69, 9.17) is 4.74 Å². The van der Waals surface area contributed by atoms with Gasteiger partial charge in [0.2, 0.25) is 23.5 Å². The van der Waals surface area contributed by atoms with Gasteiger partial charge in [-0.2, -0.15) is 12.7 Å². The quantitative estimate of drug-likeness (QED) is 0.0909. The molecule has 4 N–H and O–H groups in total.